The van der Waals surface area contributed by atoms with Crippen molar-refractivity contribution in [2.45, 2.75) is 18.6 Å². The van der Waals surface area contributed by atoms with E-state index in [1.165, 1.54) is 0 Å². The molecule has 26 heavy (non-hydrogen) atoms. The number of para-hydroxylation sites is 1. The first-order chi connectivity index (χ1) is 12.3. The van der Waals surface area contributed by atoms with Crippen LogP contribution in [0.2, 0.25) is 5.02 Å². The second kappa shape index (κ2) is 7.03. The summed E-state index contributed by atoms with van der Waals surface area (Å²) in [6, 6.07) is 7.41. The Morgan fingerprint density at radius 3 is 2.73 bits per heavy atom. The van der Waals surface area contributed by atoms with Crippen molar-refractivity contribution in [2.75, 3.05) is 23.7 Å². The largest absolute Gasteiger partial charge is 0.417 e. The van der Waals surface area contributed by atoms with E-state index in [0.29, 0.717) is 30.8 Å². The number of hydrogen-bond donors (Lipinski definition) is 2. The van der Waals surface area contributed by atoms with Gasteiger partial charge in [0.15, 0.2) is 0 Å². The molecule has 3 rings (SSSR count). The maximum absolute atomic E-state index is 12.7. The van der Waals surface area contributed by atoms with Gasteiger partial charge in [-0.05, 0) is 24.6 Å². The molecule has 2 heterocycles. The maximum atomic E-state index is 12.7. The van der Waals surface area contributed by atoms with Crippen molar-refractivity contribution >= 4 is 29.0 Å². The van der Waals surface area contributed by atoms with E-state index in [-0.39, 0.29) is 22.8 Å². The van der Waals surface area contributed by atoms with Gasteiger partial charge in [-0.1, -0.05) is 23.7 Å². The molecule has 2 aromatic rings. The fourth-order valence-corrected chi connectivity index (χ4v) is 3.14. The third kappa shape index (κ3) is 3.85. The molecule has 1 saturated heterocycles. The summed E-state index contributed by atoms with van der Waals surface area (Å²) in [7, 11) is 0. The molecule has 0 bridgehead atoms. The van der Waals surface area contributed by atoms with Crippen LogP contribution in [0.3, 0.4) is 0 Å². The SMILES string of the molecule is Nc1ccccc1C(=O)NC1CCN(c2ncc(C(F)(F)F)cc2Cl)C1. The van der Waals surface area contributed by atoms with Gasteiger partial charge in [-0.3, -0.25) is 4.79 Å². The molecule has 9 heteroatoms. The van der Waals surface area contributed by atoms with Gasteiger partial charge in [-0.15, -0.1) is 0 Å². The zero-order valence-electron chi connectivity index (χ0n) is 13.6. The highest BCUT2D eigenvalue weighted by Gasteiger charge is 2.33. The molecule has 1 aromatic heterocycles. The molecule has 138 valence electrons. The number of pyridine rings is 1. The average Bonchev–Trinajstić information content (AvgIpc) is 3.02. The highest BCUT2D eigenvalue weighted by Crippen LogP contribution is 2.34. The molecule has 1 fully saturated rings. The summed E-state index contributed by atoms with van der Waals surface area (Å²) in [5.41, 5.74) is 5.67. The van der Waals surface area contributed by atoms with Crippen LogP contribution in [0, 0.1) is 0 Å². The lowest BCUT2D eigenvalue weighted by atomic mass is 10.1. The molecule has 0 saturated carbocycles. The number of rotatable bonds is 3. The zero-order chi connectivity index (χ0) is 18.9. The Bertz CT molecular complexity index is 828. The minimum Gasteiger partial charge on any atom is -0.398 e. The number of carbonyl (C=O) groups excluding carboxylic acids is 1. The predicted molar refractivity (Wildman–Crippen MR) is 93.2 cm³/mol. The molecular formula is C17H16ClF3N4O. The fraction of sp³-hybridized carbons (Fsp3) is 0.294. The zero-order valence-corrected chi connectivity index (χ0v) is 14.3. The third-order valence-corrected chi connectivity index (χ3v) is 4.46. The van der Waals surface area contributed by atoms with Crippen LogP contribution in [0.1, 0.15) is 22.3 Å². The summed E-state index contributed by atoms with van der Waals surface area (Å²) in [5.74, 6) is -0.0166. The van der Waals surface area contributed by atoms with Crippen LogP contribution in [0.25, 0.3) is 0 Å². The summed E-state index contributed by atoms with van der Waals surface area (Å²) < 4.78 is 38.1. The number of anilines is 2. The quantitative estimate of drug-likeness (QED) is 0.796. The maximum Gasteiger partial charge on any atom is 0.417 e. The van der Waals surface area contributed by atoms with Crippen molar-refractivity contribution in [3.63, 3.8) is 0 Å². The van der Waals surface area contributed by atoms with Crippen LogP contribution < -0.4 is 16.0 Å². The Morgan fingerprint density at radius 2 is 2.08 bits per heavy atom. The minimum atomic E-state index is -4.49. The number of alkyl halides is 3. The Kier molecular flexibility index (Phi) is 4.95. The first kappa shape index (κ1) is 18.3. The van der Waals surface area contributed by atoms with Crippen LogP contribution in [-0.2, 0) is 6.18 Å². The van der Waals surface area contributed by atoms with Crippen molar-refractivity contribution in [1.29, 1.82) is 0 Å². The Balaban J connectivity index is 1.67. The number of carbonyl (C=O) groups is 1. The summed E-state index contributed by atoms with van der Waals surface area (Å²) in [6.45, 7) is 0.921. The molecule has 1 amide bonds. The van der Waals surface area contributed by atoms with E-state index in [9.17, 15) is 18.0 Å². The van der Waals surface area contributed by atoms with E-state index < -0.39 is 11.7 Å². The monoisotopic (exact) mass is 384 g/mol. The van der Waals surface area contributed by atoms with Gasteiger partial charge in [-0.25, -0.2) is 4.98 Å². The van der Waals surface area contributed by atoms with Gasteiger partial charge in [0, 0.05) is 31.0 Å². The van der Waals surface area contributed by atoms with Crippen LogP contribution >= 0.6 is 11.6 Å². The first-order valence-corrected chi connectivity index (χ1v) is 8.26. The molecule has 1 atom stereocenters. The van der Waals surface area contributed by atoms with Crippen molar-refractivity contribution < 1.29 is 18.0 Å². The van der Waals surface area contributed by atoms with Gasteiger partial charge < -0.3 is 16.0 Å². The van der Waals surface area contributed by atoms with Crippen LogP contribution in [0.15, 0.2) is 36.5 Å². The smallest absolute Gasteiger partial charge is 0.398 e. The van der Waals surface area contributed by atoms with Gasteiger partial charge in [-0.2, -0.15) is 13.2 Å². The molecule has 1 unspecified atom stereocenters. The molecular weight excluding hydrogens is 369 g/mol. The molecule has 3 N–H and O–H groups in total. The highest BCUT2D eigenvalue weighted by atomic mass is 35.5. The van der Waals surface area contributed by atoms with Gasteiger partial charge in [0.1, 0.15) is 5.82 Å². The van der Waals surface area contributed by atoms with Crippen LogP contribution in [0.4, 0.5) is 24.7 Å². The molecule has 0 aliphatic carbocycles. The number of nitrogens with two attached hydrogens (primary N) is 1. The van der Waals surface area contributed by atoms with E-state index in [0.717, 1.165) is 12.3 Å². The average molecular weight is 385 g/mol. The number of nitrogens with one attached hydrogen (secondary N) is 1. The first-order valence-electron chi connectivity index (χ1n) is 7.89. The Hall–Kier alpha value is -2.48. The number of benzene rings is 1. The van der Waals surface area contributed by atoms with E-state index in [4.69, 9.17) is 17.3 Å². The lowest BCUT2D eigenvalue weighted by Gasteiger charge is -2.20. The third-order valence-electron chi connectivity index (χ3n) is 4.18. The molecule has 1 aliphatic heterocycles. The summed E-state index contributed by atoms with van der Waals surface area (Å²) >= 11 is 5.98. The normalized spacial score (nSPS) is 17.4. The summed E-state index contributed by atoms with van der Waals surface area (Å²) in [5, 5.41) is 2.81. The van der Waals surface area contributed by atoms with Crippen molar-refractivity contribution in [3.05, 3.63) is 52.7 Å². The van der Waals surface area contributed by atoms with Gasteiger partial charge in [0.25, 0.3) is 5.91 Å². The van der Waals surface area contributed by atoms with Gasteiger partial charge in [0.2, 0.25) is 0 Å². The Morgan fingerprint density at radius 1 is 1.35 bits per heavy atom. The molecule has 0 radical (unpaired) electrons. The van der Waals surface area contributed by atoms with Crippen molar-refractivity contribution in [3.8, 4) is 0 Å². The number of halogens is 4. The number of hydrogen-bond acceptors (Lipinski definition) is 4. The van der Waals surface area contributed by atoms with E-state index in [2.05, 4.69) is 10.3 Å². The lowest BCUT2D eigenvalue weighted by Crippen LogP contribution is -2.37. The van der Waals surface area contributed by atoms with Crippen LogP contribution in [0.5, 0.6) is 0 Å². The van der Waals surface area contributed by atoms with E-state index >= 15 is 0 Å². The number of aromatic nitrogens is 1. The fourth-order valence-electron chi connectivity index (χ4n) is 2.86. The number of amides is 1. The topological polar surface area (TPSA) is 71.2 Å². The lowest BCUT2D eigenvalue weighted by molar-refractivity contribution is -0.137. The minimum absolute atomic E-state index is 0.0703. The van der Waals surface area contributed by atoms with E-state index in [1.54, 1.807) is 29.2 Å². The summed E-state index contributed by atoms with van der Waals surface area (Å²) in [4.78, 5) is 17.9. The molecule has 1 aromatic carbocycles. The summed E-state index contributed by atoms with van der Waals surface area (Å²) in [6.07, 6.45) is -3.11. The van der Waals surface area contributed by atoms with Crippen molar-refractivity contribution in [2.24, 2.45) is 0 Å². The van der Waals surface area contributed by atoms with Crippen molar-refractivity contribution in [1.82, 2.24) is 10.3 Å². The number of nitrogens with zero attached hydrogens (tertiary/aromatic N) is 2. The highest BCUT2D eigenvalue weighted by molar-refractivity contribution is 6.33. The van der Waals surface area contributed by atoms with Gasteiger partial charge in [0.05, 0.1) is 16.1 Å². The standard InChI is InChI=1S/C17H16ClF3N4O/c18-13-7-10(17(19,20)21)8-23-15(13)25-6-5-11(9-25)24-16(26)12-3-1-2-4-14(12)22/h1-4,7-8,11H,5-6,9,22H2,(H,24,26). The predicted octanol–water partition coefficient (Wildman–Crippen LogP) is 3.34. The Labute approximate surface area is 153 Å². The van der Waals surface area contributed by atoms with Gasteiger partial charge >= 0.3 is 6.18 Å². The number of nitrogen functional groups attached to an aromatic ring is 1. The van der Waals surface area contributed by atoms with Crippen LogP contribution in [-0.4, -0.2) is 30.0 Å². The van der Waals surface area contributed by atoms with E-state index in [1.807, 2.05) is 0 Å². The molecule has 0 spiro atoms. The molecule has 1 aliphatic rings. The second-order valence-corrected chi connectivity index (χ2v) is 6.43. The second-order valence-electron chi connectivity index (χ2n) is 6.02. The molecule has 5 nitrogen and oxygen atoms in total.